The molecular weight excluding hydrogens is 320 g/mol. The summed E-state index contributed by atoms with van der Waals surface area (Å²) in [5.41, 5.74) is 1.06. The van der Waals surface area contributed by atoms with Crippen LogP contribution in [0.4, 0.5) is 4.79 Å². The Labute approximate surface area is 129 Å². The Bertz CT molecular complexity index is 389. The Balaban J connectivity index is 2.27. The van der Waals surface area contributed by atoms with Gasteiger partial charge in [0, 0.05) is 24.2 Å². The highest BCUT2D eigenvalue weighted by Crippen LogP contribution is 2.10. The van der Waals surface area contributed by atoms with Crippen LogP contribution in [0.25, 0.3) is 0 Å². The zero-order chi connectivity index (χ0) is 14.8. The van der Waals surface area contributed by atoms with E-state index in [9.17, 15) is 4.79 Å². The van der Waals surface area contributed by atoms with Gasteiger partial charge in [-0.1, -0.05) is 41.4 Å². The number of hydrogen-bond donors (Lipinski definition) is 3. The fraction of sp³-hybridized carbons (Fsp3) is 0.533. The number of amides is 2. The van der Waals surface area contributed by atoms with Crippen molar-refractivity contribution in [2.45, 2.75) is 32.7 Å². The zero-order valence-electron chi connectivity index (χ0n) is 11.9. The predicted molar refractivity (Wildman–Crippen MR) is 84.5 cm³/mol. The van der Waals surface area contributed by atoms with Crippen LogP contribution >= 0.6 is 15.9 Å². The van der Waals surface area contributed by atoms with Gasteiger partial charge >= 0.3 is 6.03 Å². The summed E-state index contributed by atoms with van der Waals surface area (Å²) in [5.74, 6) is 0.350. The van der Waals surface area contributed by atoms with E-state index >= 15 is 0 Å². The molecule has 1 aromatic carbocycles. The van der Waals surface area contributed by atoms with Gasteiger partial charge in [0.2, 0.25) is 0 Å². The summed E-state index contributed by atoms with van der Waals surface area (Å²) < 4.78 is 1.03. The normalized spacial score (nSPS) is 11.9. The number of rotatable bonds is 8. The lowest BCUT2D eigenvalue weighted by molar-refractivity contribution is 0.229. The van der Waals surface area contributed by atoms with E-state index in [0.717, 1.165) is 29.3 Å². The smallest absolute Gasteiger partial charge is 0.315 e. The van der Waals surface area contributed by atoms with E-state index in [1.165, 1.54) is 0 Å². The molecule has 112 valence electrons. The summed E-state index contributed by atoms with van der Waals surface area (Å²) >= 11 is 3.38. The summed E-state index contributed by atoms with van der Waals surface area (Å²) in [6.07, 6.45) is 2.82. The quantitative estimate of drug-likeness (QED) is 0.679. The van der Waals surface area contributed by atoms with Crippen LogP contribution in [0.1, 0.15) is 31.7 Å². The third-order valence-electron chi connectivity index (χ3n) is 3.15. The van der Waals surface area contributed by atoms with E-state index < -0.39 is 0 Å². The average Bonchev–Trinajstić information content (AvgIpc) is 2.44. The lowest BCUT2D eigenvalue weighted by atomic mass is 10.0. The summed E-state index contributed by atoms with van der Waals surface area (Å²) in [7, 11) is 0. The Morgan fingerprint density at radius 1 is 1.25 bits per heavy atom. The minimum absolute atomic E-state index is 0.160. The van der Waals surface area contributed by atoms with Gasteiger partial charge in [-0.25, -0.2) is 4.79 Å². The number of carbonyl (C=O) groups excluding carboxylic acids is 1. The number of aliphatic hydroxyl groups is 1. The van der Waals surface area contributed by atoms with Crippen molar-refractivity contribution >= 4 is 22.0 Å². The standard InChI is InChI=1S/C15H23BrN2O2/c1-2-3-12(8-9-19)10-17-15(20)18-11-13-4-6-14(16)7-5-13/h4-7,12,19H,2-3,8-11H2,1H3,(H2,17,18,20). The minimum atomic E-state index is -0.160. The highest BCUT2D eigenvalue weighted by molar-refractivity contribution is 9.10. The van der Waals surface area contributed by atoms with E-state index in [0.29, 0.717) is 19.0 Å². The molecular formula is C15H23BrN2O2. The first kappa shape index (κ1) is 17.0. The molecule has 1 atom stereocenters. The molecule has 4 nitrogen and oxygen atoms in total. The molecule has 0 heterocycles. The van der Waals surface area contributed by atoms with Gasteiger partial charge in [-0.15, -0.1) is 0 Å². The number of halogens is 1. The summed E-state index contributed by atoms with van der Waals surface area (Å²) in [6.45, 7) is 3.41. The lowest BCUT2D eigenvalue weighted by Gasteiger charge is -2.16. The molecule has 20 heavy (non-hydrogen) atoms. The predicted octanol–water partition coefficient (Wildman–Crippen LogP) is 3.05. The van der Waals surface area contributed by atoms with Crippen LogP contribution in [0.15, 0.2) is 28.7 Å². The SMILES string of the molecule is CCCC(CCO)CNC(=O)NCc1ccc(Br)cc1. The first-order valence-electron chi connectivity index (χ1n) is 7.02. The van der Waals surface area contributed by atoms with Crippen LogP contribution in [-0.4, -0.2) is 24.3 Å². The molecule has 0 spiro atoms. The van der Waals surface area contributed by atoms with Crippen molar-refractivity contribution in [3.05, 3.63) is 34.3 Å². The number of nitrogens with one attached hydrogen (secondary N) is 2. The Morgan fingerprint density at radius 3 is 2.55 bits per heavy atom. The summed E-state index contributed by atoms with van der Waals surface area (Å²) in [5, 5.41) is 14.7. The molecule has 0 saturated heterocycles. The van der Waals surface area contributed by atoms with Crippen LogP contribution in [0.3, 0.4) is 0 Å². The number of benzene rings is 1. The molecule has 0 saturated carbocycles. The molecule has 1 rings (SSSR count). The molecule has 0 fully saturated rings. The van der Waals surface area contributed by atoms with Crippen LogP contribution in [0.5, 0.6) is 0 Å². The van der Waals surface area contributed by atoms with Crippen LogP contribution in [0.2, 0.25) is 0 Å². The van der Waals surface area contributed by atoms with Crippen molar-refractivity contribution in [1.82, 2.24) is 10.6 Å². The van der Waals surface area contributed by atoms with Gasteiger partial charge in [0.1, 0.15) is 0 Å². The molecule has 1 unspecified atom stereocenters. The first-order valence-corrected chi connectivity index (χ1v) is 7.82. The van der Waals surface area contributed by atoms with Crippen molar-refractivity contribution in [2.75, 3.05) is 13.2 Å². The molecule has 3 N–H and O–H groups in total. The second-order valence-electron chi connectivity index (χ2n) is 4.86. The van der Waals surface area contributed by atoms with E-state index in [1.807, 2.05) is 24.3 Å². The van der Waals surface area contributed by atoms with Gasteiger partial charge in [-0.2, -0.15) is 0 Å². The van der Waals surface area contributed by atoms with Crippen molar-refractivity contribution in [3.63, 3.8) is 0 Å². The molecule has 0 aliphatic rings. The van der Waals surface area contributed by atoms with Gasteiger partial charge in [0.15, 0.2) is 0 Å². The van der Waals surface area contributed by atoms with E-state index in [-0.39, 0.29) is 12.6 Å². The van der Waals surface area contributed by atoms with Gasteiger partial charge in [-0.3, -0.25) is 0 Å². The van der Waals surface area contributed by atoms with Gasteiger partial charge < -0.3 is 15.7 Å². The maximum absolute atomic E-state index is 11.7. The van der Waals surface area contributed by atoms with Crippen molar-refractivity contribution < 1.29 is 9.90 Å². The average molecular weight is 343 g/mol. The molecule has 0 bridgehead atoms. The zero-order valence-corrected chi connectivity index (χ0v) is 13.4. The number of hydrogen-bond acceptors (Lipinski definition) is 2. The third-order valence-corrected chi connectivity index (χ3v) is 3.68. The van der Waals surface area contributed by atoms with Gasteiger partial charge in [-0.05, 0) is 36.5 Å². The van der Waals surface area contributed by atoms with Crippen molar-refractivity contribution in [2.24, 2.45) is 5.92 Å². The highest BCUT2D eigenvalue weighted by atomic mass is 79.9. The van der Waals surface area contributed by atoms with Gasteiger partial charge in [0.05, 0.1) is 0 Å². The molecule has 0 aliphatic heterocycles. The van der Waals surface area contributed by atoms with Crippen LogP contribution in [0, 0.1) is 5.92 Å². The Hall–Kier alpha value is -1.07. The number of urea groups is 1. The molecule has 0 radical (unpaired) electrons. The monoisotopic (exact) mass is 342 g/mol. The van der Waals surface area contributed by atoms with E-state index in [4.69, 9.17) is 5.11 Å². The fourth-order valence-corrected chi connectivity index (χ4v) is 2.29. The van der Waals surface area contributed by atoms with Crippen LogP contribution < -0.4 is 10.6 Å². The molecule has 0 aliphatic carbocycles. The Morgan fingerprint density at radius 2 is 1.95 bits per heavy atom. The maximum atomic E-state index is 11.7. The fourth-order valence-electron chi connectivity index (χ4n) is 2.02. The number of carbonyl (C=O) groups is 1. The third kappa shape index (κ3) is 6.91. The molecule has 2 amide bonds. The van der Waals surface area contributed by atoms with Crippen molar-refractivity contribution in [3.8, 4) is 0 Å². The molecule has 0 aromatic heterocycles. The van der Waals surface area contributed by atoms with Crippen LogP contribution in [-0.2, 0) is 6.54 Å². The summed E-state index contributed by atoms with van der Waals surface area (Å²) in [6, 6.07) is 7.68. The largest absolute Gasteiger partial charge is 0.396 e. The topological polar surface area (TPSA) is 61.4 Å². The highest BCUT2D eigenvalue weighted by Gasteiger charge is 2.09. The van der Waals surface area contributed by atoms with E-state index in [1.54, 1.807) is 0 Å². The molecule has 5 heteroatoms. The van der Waals surface area contributed by atoms with Crippen molar-refractivity contribution in [1.29, 1.82) is 0 Å². The second-order valence-corrected chi connectivity index (χ2v) is 5.77. The molecule has 1 aromatic rings. The maximum Gasteiger partial charge on any atom is 0.315 e. The lowest BCUT2D eigenvalue weighted by Crippen LogP contribution is -2.38. The number of aliphatic hydroxyl groups excluding tert-OH is 1. The summed E-state index contributed by atoms with van der Waals surface area (Å²) in [4.78, 5) is 11.7. The Kier molecular flexibility index (Phi) is 8.30. The minimum Gasteiger partial charge on any atom is -0.396 e. The van der Waals surface area contributed by atoms with Gasteiger partial charge in [0.25, 0.3) is 0 Å². The first-order chi connectivity index (χ1) is 9.65. The van der Waals surface area contributed by atoms with E-state index in [2.05, 4.69) is 33.5 Å². The second kappa shape index (κ2) is 9.77.